The second-order valence-corrected chi connectivity index (χ2v) is 8.39. The van der Waals surface area contributed by atoms with Gasteiger partial charge in [-0.3, -0.25) is 4.57 Å². The van der Waals surface area contributed by atoms with Crippen molar-refractivity contribution in [3.8, 4) is 5.82 Å². The van der Waals surface area contributed by atoms with E-state index < -0.39 is 0 Å². The summed E-state index contributed by atoms with van der Waals surface area (Å²) in [5.74, 6) is 3.29. The fourth-order valence-electron chi connectivity index (χ4n) is 4.20. The van der Waals surface area contributed by atoms with E-state index in [9.17, 15) is 4.79 Å². The van der Waals surface area contributed by atoms with Gasteiger partial charge >= 0.3 is 6.03 Å². The average molecular weight is 399 g/mol. The molecule has 0 saturated carbocycles. The molecule has 158 valence electrons. The van der Waals surface area contributed by atoms with Crippen molar-refractivity contribution in [1.82, 2.24) is 30.1 Å². The van der Waals surface area contributed by atoms with E-state index in [0.717, 1.165) is 48.4 Å². The summed E-state index contributed by atoms with van der Waals surface area (Å²) in [6, 6.07) is 3.76. The van der Waals surface area contributed by atoms with Gasteiger partial charge < -0.3 is 15.5 Å². The van der Waals surface area contributed by atoms with Crippen LogP contribution in [0.4, 0.5) is 4.79 Å². The molecule has 2 aromatic heterocycles. The van der Waals surface area contributed by atoms with Crippen molar-refractivity contribution in [2.75, 3.05) is 26.2 Å². The Morgan fingerprint density at radius 2 is 1.93 bits per heavy atom. The van der Waals surface area contributed by atoms with Crippen LogP contribution in [-0.2, 0) is 6.54 Å². The number of hydrogen-bond acceptors (Lipinski definition) is 4. The standard InChI is InChI=1S/C22H34N6O/c1-17-12-18(2)16-27(15-17)10-5-4-7-25-22(29)26-14-20-6-8-24-21(13-20)28-11-9-23-19(28)3/h6,8-9,11,13,17-18H,4-5,7,10,12,14-16H2,1-3H3,(H2,25,26,29). The second kappa shape index (κ2) is 10.4. The van der Waals surface area contributed by atoms with E-state index in [1.54, 1.807) is 12.4 Å². The maximum Gasteiger partial charge on any atom is 0.315 e. The first kappa shape index (κ1) is 21.3. The lowest BCUT2D eigenvalue weighted by Crippen LogP contribution is -2.39. The highest BCUT2D eigenvalue weighted by Crippen LogP contribution is 2.20. The number of likely N-dealkylation sites (tertiary alicyclic amines) is 1. The summed E-state index contributed by atoms with van der Waals surface area (Å²) in [7, 11) is 0. The summed E-state index contributed by atoms with van der Waals surface area (Å²) < 4.78 is 1.92. The highest BCUT2D eigenvalue weighted by molar-refractivity contribution is 5.73. The molecule has 0 aliphatic carbocycles. The first-order chi connectivity index (χ1) is 14.0. The molecule has 29 heavy (non-hydrogen) atoms. The molecule has 0 spiro atoms. The van der Waals surface area contributed by atoms with Crippen molar-refractivity contribution in [3.05, 3.63) is 42.1 Å². The summed E-state index contributed by atoms with van der Waals surface area (Å²) in [6.45, 7) is 11.4. The molecule has 3 heterocycles. The van der Waals surface area contributed by atoms with E-state index in [1.165, 1.54) is 19.5 Å². The van der Waals surface area contributed by atoms with Gasteiger partial charge in [0.2, 0.25) is 0 Å². The van der Waals surface area contributed by atoms with Crippen molar-refractivity contribution in [1.29, 1.82) is 0 Å². The van der Waals surface area contributed by atoms with Crippen molar-refractivity contribution in [2.45, 2.75) is 46.6 Å². The zero-order chi connectivity index (χ0) is 20.6. The summed E-state index contributed by atoms with van der Waals surface area (Å²) in [5, 5.41) is 5.88. The molecule has 1 aliphatic heterocycles. The number of rotatable bonds is 8. The molecule has 7 heteroatoms. The molecule has 0 bridgehead atoms. The van der Waals surface area contributed by atoms with Crippen molar-refractivity contribution < 1.29 is 4.79 Å². The molecular weight excluding hydrogens is 364 g/mol. The summed E-state index contributed by atoms with van der Waals surface area (Å²) >= 11 is 0. The van der Waals surface area contributed by atoms with Crippen LogP contribution in [-0.4, -0.2) is 51.6 Å². The van der Waals surface area contributed by atoms with Gasteiger partial charge in [0.25, 0.3) is 0 Å². The van der Waals surface area contributed by atoms with Crippen LogP contribution in [0.5, 0.6) is 0 Å². The Morgan fingerprint density at radius 3 is 2.66 bits per heavy atom. The number of aromatic nitrogens is 3. The SMILES string of the molecule is Cc1nccn1-c1cc(CNC(=O)NCCCCN2CC(C)CC(C)C2)ccn1. The van der Waals surface area contributed by atoms with Crippen LogP contribution in [0.3, 0.4) is 0 Å². The lowest BCUT2D eigenvalue weighted by Gasteiger charge is -2.34. The van der Waals surface area contributed by atoms with E-state index in [0.29, 0.717) is 13.1 Å². The topological polar surface area (TPSA) is 75.1 Å². The number of nitrogens with zero attached hydrogens (tertiary/aromatic N) is 4. The maximum absolute atomic E-state index is 12.1. The third kappa shape index (κ3) is 6.56. The molecule has 1 saturated heterocycles. The Labute approximate surface area is 173 Å². The van der Waals surface area contributed by atoms with Gasteiger partial charge in [-0.05, 0) is 62.3 Å². The fourth-order valence-corrected chi connectivity index (χ4v) is 4.20. The van der Waals surface area contributed by atoms with Crippen LogP contribution in [0.1, 0.15) is 44.5 Å². The van der Waals surface area contributed by atoms with Gasteiger partial charge in [-0.2, -0.15) is 0 Å². The Bertz CT molecular complexity index is 779. The Balaban J connectivity index is 1.33. The van der Waals surface area contributed by atoms with E-state index >= 15 is 0 Å². The maximum atomic E-state index is 12.1. The highest BCUT2D eigenvalue weighted by Gasteiger charge is 2.20. The van der Waals surface area contributed by atoms with E-state index in [-0.39, 0.29) is 6.03 Å². The number of imidazole rings is 1. The zero-order valence-electron chi connectivity index (χ0n) is 17.9. The van der Waals surface area contributed by atoms with Gasteiger partial charge in [-0.15, -0.1) is 0 Å². The molecule has 2 unspecified atom stereocenters. The number of amides is 2. The first-order valence-corrected chi connectivity index (χ1v) is 10.7. The highest BCUT2D eigenvalue weighted by atomic mass is 16.2. The van der Waals surface area contributed by atoms with Crippen LogP contribution < -0.4 is 10.6 Å². The lowest BCUT2D eigenvalue weighted by atomic mass is 9.92. The third-order valence-electron chi connectivity index (χ3n) is 5.47. The van der Waals surface area contributed by atoms with Gasteiger partial charge in [0.1, 0.15) is 11.6 Å². The molecule has 2 atom stereocenters. The molecule has 3 rings (SSSR count). The zero-order valence-corrected chi connectivity index (χ0v) is 17.9. The minimum Gasteiger partial charge on any atom is -0.338 e. The number of pyridine rings is 1. The van der Waals surface area contributed by atoms with Crippen molar-refractivity contribution >= 4 is 6.03 Å². The number of nitrogens with one attached hydrogen (secondary N) is 2. The van der Waals surface area contributed by atoms with Crippen LogP contribution in [0, 0.1) is 18.8 Å². The summed E-state index contributed by atoms with van der Waals surface area (Å²) in [5.41, 5.74) is 1.01. The van der Waals surface area contributed by atoms with Gasteiger partial charge in [-0.25, -0.2) is 14.8 Å². The average Bonchev–Trinajstić information content (AvgIpc) is 3.11. The molecule has 7 nitrogen and oxygen atoms in total. The van der Waals surface area contributed by atoms with Crippen molar-refractivity contribution in [3.63, 3.8) is 0 Å². The summed E-state index contributed by atoms with van der Waals surface area (Å²) in [6.07, 6.45) is 8.86. The van der Waals surface area contributed by atoms with Gasteiger partial charge in [0.15, 0.2) is 0 Å². The smallest absolute Gasteiger partial charge is 0.315 e. The Kier molecular flexibility index (Phi) is 7.63. The molecule has 1 fully saturated rings. The molecule has 2 aromatic rings. The van der Waals surface area contributed by atoms with Gasteiger partial charge in [0, 0.05) is 44.8 Å². The largest absolute Gasteiger partial charge is 0.338 e. The number of urea groups is 1. The predicted molar refractivity (Wildman–Crippen MR) is 115 cm³/mol. The molecule has 0 radical (unpaired) electrons. The molecule has 1 aliphatic rings. The van der Waals surface area contributed by atoms with Crippen LogP contribution in [0.15, 0.2) is 30.7 Å². The number of piperidine rings is 1. The fraction of sp³-hybridized carbons (Fsp3) is 0.591. The monoisotopic (exact) mass is 398 g/mol. The normalized spacial score (nSPS) is 19.8. The Hall–Kier alpha value is -2.41. The third-order valence-corrected chi connectivity index (χ3v) is 5.47. The van der Waals surface area contributed by atoms with Crippen LogP contribution >= 0.6 is 0 Å². The van der Waals surface area contributed by atoms with Gasteiger partial charge in [0.05, 0.1) is 0 Å². The minimum atomic E-state index is -0.123. The van der Waals surface area contributed by atoms with E-state index in [2.05, 4.69) is 39.3 Å². The number of unbranched alkanes of at least 4 members (excludes halogenated alkanes) is 1. The van der Waals surface area contributed by atoms with Crippen molar-refractivity contribution in [2.24, 2.45) is 11.8 Å². The lowest BCUT2D eigenvalue weighted by molar-refractivity contribution is 0.139. The first-order valence-electron chi connectivity index (χ1n) is 10.7. The molecule has 0 aromatic carbocycles. The molecule has 2 amide bonds. The van der Waals surface area contributed by atoms with Crippen LogP contribution in [0.2, 0.25) is 0 Å². The number of carbonyl (C=O) groups is 1. The summed E-state index contributed by atoms with van der Waals surface area (Å²) in [4.78, 5) is 23.2. The second-order valence-electron chi connectivity index (χ2n) is 8.39. The number of hydrogen-bond donors (Lipinski definition) is 2. The number of carbonyl (C=O) groups excluding carboxylic acids is 1. The Morgan fingerprint density at radius 1 is 1.14 bits per heavy atom. The van der Waals surface area contributed by atoms with E-state index in [1.807, 2.05) is 29.8 Å². The van der Waals surface area contributed by atoms with Gasteiger partial charge in [-0.1, -0.05) is 13.8 Å². The quantitative estimate of drug-likeness (QED) is 0.670. The number of aryl methyl sites for hydroxylation is 1. The molecular formula is C22H34N6O. The van der Waals surface area contributed by atoms with E-state index in [4.69, 9.17) is 0 Å². The molecule has 2 N–H and O–H groups in total. The van der Waals surface area contributed by atoms with Crippen LogP contribution in [0.25, 0.3) is 5.82 Å². The minimum absolute atomic E-state index is 0.123. The predicted octanol–water partition coefficient (Wildman–Crippen LogP) is 3.13.